The van der Waals surface area contributed by atoms with Gasteiger partial charge >= 0.3 is 6.36 Å². The Morgan fingerprint density at radius 1 is 1.14 bits per heavy atom. The highest BCUT2D eigenvalue weighted by atomic mass is 19.4. The van der Waals surface area contributed by atoms with Gasteiger partial charge in [-0.25, -0.2) is 0 Å². The van der Waals surface area contributed by atoms with Crippen LogP contribution >= 0.6 is 0 Å². The molecule has 1 aliphatic rings. The number of alkyl halides is 3. The lowest BCUT2D eigenvalue weighted by Gasteiger charge is -2.22. The van der Waals surface area contributed by atoms with E-state index in [2.05, 4.69) is 11.3 Å². The summed E-state index contributed by atoms with van der Waals surface area (Å²) in [4.78, 5) is 0. The van der Waals surface area contributed by atoms with E-state index in [-0.39, 0.29) is 11.5 Å². The molecule has 0 spiro atoms. The second-order valence-corrected chi connectivity index (χ2v) is 5.27. The molecule has 1 saturated carbocycles. The Hall–Kier alpha value is -1.65. The van der Waals surface area contributed by atoms with Crippen LogP contribution in [-0.2, 0) is 0 Å². The summed E-state index contributed by atoms with van der Waals surface area (Å²) in [6.45, 7) is 4.03. The van der Waals surface area contributed by atoms with Crippen LogP contribution in [0.4, 0.5) is 13.2 Å². The fourth-order valence-corrected chi connectivity index (χ4v) is 2.53. The van der Waals surface area contributed by atoms with Crippen LogP contribution in [-0.4, -0.2) is 13.0 Å². The van der Waals surface area contributed by atoms with Crippen molar-refractivity contribution in [1.29, 1.82) is 0 Å². The van der Waals surface area contributed by atoms with E-state index in [0.717, 1.165) is 25.7 Å². The quantitative estimate of drug-likeness (QED) is 0.745. The predicted molar refractivity (Wildman–Crippen MR) is 75.3 cm³/mol. The highest BCUT2D eigenvalue weighted by Gasteiger charge is 2.32. The molecule has 1 aliphatic carbocycles. The van der Waals surface area contributed by atoms with Gasteiger partial charge in [-0.3, -0.25) is 0 Å². The Morgan fingerprint density at radius 3 is 2.48 bits per heavy atom. The Morgan fingerprint density at radius 2 is 1.86 bits per heavy atom. The summed E-state index contributed by atoms with van der Waals surface area (Å²) in [5.41, 5.74) is 0.697. The third kappa shape index (κ3) is 4.99. The number of hydrogen-bond donors (Lipinski definition) is 0. The molecule has 0 unspecified atom stereocenters. The molecule has 0 bridgehead atoms. The van der Waals surface area contributed by atoms with Gasteiger partial charge in [-0.2, -0.15) is 0 Å². The second kappa shape index (κ2) is 6.87. The molecule has 1 aromatic carbocycles. The van der Waals surface area contributed by atoms with Crippen LogP contribution in [0.3, 0.4) is 0 Å². The number of ether oxygens (including phenoxy) is 2. The molecule has 21 heavy (non-hydrogen) atoms. The lowest BCUT2D eigenvalue weighted by molar-refractivity contribution is -0.275. The van der Waals surface area contributed by atoms with Crippen molar-refractivity contribution >= 4 is 6.08 Å². The fourth-order valence-electron chi connectivity index (χ4n) is 2.53. The van der Waals surface area contributed by atoms with E-state index in [0.29, 0.717) is 18.1 Å². The van der Waals surface area contributed by atoms with E-state index in [9.17, 15) is 13.2 Å². The van der Waals surface area contributed by atoms with E-state index in [1.807, 2.05) is 0 Å². The molecule has 5 heteroatoms. The van der Waals surface area contributed by atoms with Gasteiger partial charge in [0.2, 0.25) is 0 Å². The Balaban J connectivity index is 2.08. The normalized spacial score (nSPS) is 16.5. The summed E-state index contributed by atoms with van der Waals surface area (Å²) in [6, 6.07) is 4.30. The zero-order valence-electron chi connectivity index (χ0n) is 11.8. The van der Waals surface area contributed by atoms with Crippen LogP contribution in [0, 0.1) is 5.92 Å². The van der Waals surface area contributed by atoms with Crippen molar-refractivity contribution in [3.05, 3.63) is 30.3 Å². The van der Waals surface area contributed by atoms with E-state index < -0.39 is 6.36 Å². The van der Waals surface area contributed by atoms with Gasteiger partial charge < -0.3 is 9.47 Å². The average molecular weight is 300 g/mol. The SMILES string of the molecule is C=Cc1ccc(OC(F)(F)F)c(OCC2CCCCC2)c1. The first kappa shape index (κ1) is 15.7. The van der Waals surface area contributed by atoms with Gasteiger partial charge in [0.05, 0.1) is 6.61 Å². The largest absolute Gasteiger partial charge is 0.573 e. The van der Waals surface area contributed by atoms with Gasteiger partial charge in [-0.15, -0.1) is 13.2 Å². The molecule has 0 radical (unpaired) electrons. The third-order valence-electron chi connectivity index (χ3n) is 3.63. The predicted octanol–water partition coefficient (Wildman–Crippen LogP) is 5.19. The lowest BCUT2D eigenvalue weighted by Crippen LogP contribution is -2.19. The van der Waals surface area contributed by atoms with Gasteiger partial charge in [-0.1, -0.05) is 38.0 Å². The van der Waals surface area contributed by atoms with Gasteiger partial charge in [-0.05, 0) is 36.5 Å². The van der Waals surface area contributed by atoms with Crippen molar-refractivity contribution in [1.82, 2.24) is 0 Å². The van der Waals surface area contributed by atoms with E-state index >= 15 is 0 Å². The number of halogens is 3. The van der Waals surface area contributed by atoms with Gasteiger partial charge in [0.15, 0.2) is 11.5 Å². The average Bonchev–Trinajstić information content (AvgIpc) is 2.46. The van der Waals surface area contributed by atoms with Crippen molar-refractivity contribution in [2.45, 2.75) is 38.5 Å². The second-order valence-electron chi connectivity index (χ2n) is 5.27. The molecule has 0 amide bonds. The summed E-state index contributed by atoms with van der Waals surface area (Å²) in [7, 11) is 0. The minimum absolute atomic E-state index is 0.121. The maximum absolute atomic E-state index is 12.4. The zero-order valence-corrected chi connectivity index (χ0v) is 11.8. The monoisotopic (exact) mass is 300 g/mol. The van der Waals surface area contributed by atoms with Crippen LogP contribution in [0.15, 0.2) is 24.8 Å². The minimum atomic E-state index is -4.72. The first-order valence-corrected chi connectivity index (χ1v) is 7.13. The Bertz CT molecular complexity index is 477. The standard InChI is InChI=1S/C16H19F3O2/c1-2-12-8-9-14(21-16(17,18)19)15(10-12)20-11-13-6-4-3-5-7-13/h2,8-10,13H,1,3-7,11H2. The van der Waals surface area contributed by atoms with Crippen molar-refractivity contribution in [3.8, 4) is 11.5 Å². The fraction of sp³-hybridized carbons (Fsp3) is 0.500. The molecule has 0 atom stereocenters. The molecule has 2 nitrogen and oxygen atoms in total. The van der Waals surface area contributed by atoms with E-state index in [1.165, 1.54) is 24.6 Å². The molecule has 0 heterocycles. The maximum atomic E-state index is 12.4. The first-order chi connectivity index (χ1) is 9.98. The smallest absolute Gasteiger partial charge is 0.489 e. The maximum Gasteiger partial charge on any atom is 0.573 e. The van der Waals surface area contributed by atoms with Crippen LogP contribution in [0.2, 0.25) is 0 Å². The highest BCUT2D eigenvalue weighted by Crippen LogP contribution is 2.34. The van der Waals surface area contributed by atoms with Crippen molar-refractivity contribution < 1.29 is 22.6 Å². The molecule has 0 aliphatic heterocycles. The number of benzene rings is 1. The Labute approximate surface area is 122 Å². The van der Waals surface area contributed by atoms with Crippen molar-refractivity contribution in [3.63, 3.8) is 0 Å². The summed E-state index contributed by atoms with van der Waals surface area (Å²) < 4.78 is 46.8. The Kier molecular flexibility index (Phi) is 5.15. The summed E-state index contributed by atoms with van der Waals surface area (Å²) in [5.74, 6) is 0.226. The van der Waals surface area contributed by atoms with Crippen LogP contribution < -0.4 is 9.47 Å². The molecule has 116 valence electrons. The molecule has 1 aromatic rings. The van der Waals surface area contributed by atoms with Gasteiger partial charge in [0, 0.05) is 0 Å². The highest BCUT2D eigenvalue weighted by molar-refractivity contribution is 5.54. The van der Waals surface area contributed by atoms with Crippen molar-refractivity contribution in [2.75, 3.05) is 6.61 Å². The van der Waals surface area contributed by atoms with Crippen LogP contribution in [0.5, 0.6) is 11.5 Å². The molecule has 0 saturated heterocycles. The van der Waals surface area contributed by atoms with E-state index in [1.54, 1.807) is 6.08 Å². The van der Waals surface area contributed by atoms with Crippen LogP contribution in [0.25, 0.3) is 6.08 Å². The summed E-state index contributed by atoms with van der Waals surface area (Å²) in [5, 5.41) is 0. The number of rotatable bonds is 5. The zero-order chi connectivity index (χ0) is 15.3. The molecule has 2 rings (SSSR count). The lowest BCUT2D eigenvalue weighted by atomic mass is 9.90. The minimum Gasteiger partial charge on any atom is -0.489 e. The van der Waals surface area contributed by atoms with Crippen molar-refractivity contribution in [2.24, 2.45) is 5.92 Å². The molecule has 0 N–H and O–H groups in total. The number of hydrogen-bond acceptors (Lipinski definition) is 2. The van der Waals surface area contributed by atoms with Gasteiger partial charge in [0.25, 0.3) is 0 Å². The molecular formula is C16H19F3O2. The topological polar surface area (TPSA) is 18.5 Å². The summed E-state index contributed by atoms with van der Waals surface area (Å²) >= 11 is 0. The van der Waals surface area contributed by atoms with Crippen LogP contribution in [0.1, 0.15) is 37.7 Å². The molecular weight excluding hydrogens is 281 g/mol. The first-order valence-electron chi connectivity index (χ1n) is 7.13. The van der Waals surface area contributed by atoms with E-state index in [4.69, 9.17) is 4.74 Å². The molecule has 0 aromatic heterocycles. The summed E-state index contributed by atoms with van der Waals surface area (Å²) in [6.07, 6.45) is 2.51. The molecule has 1 fully saturated rings. The third-order valence-corrected chi connectivity index (χ3v) is 3.63. The van der Waals surface area contributed by atoms with Gasteiger partial charge in [0.1, 0.15) is 0 Å².